The number of aromatic nitrogens is 1. The second-order valence-electron chi connectivity index (χ2n) is 5.28. The number of hydrogen-bond acceptors (Lipinski definition) is 3. The highest BCUT2D eigenvalue weighted by Crippen LogP contribution is 2.28. The van der Waals surface area contributed by atoms with Gasteiger partial charge in [0.15, 0.2) is 0 Å². The number of thiazole rings is 1. The highest BCUT2D eigenvalue weighted by molar-refractivity contribution is 7.09. The number of nitrogens with two attached hydrogens (primary N) is 1. The maximum atomic E-state index is 5.69. The summed E-state index contributed by atoms with van der Waals surface area (Å²) in [4.78, 5) is 4.76. The van der Waals surface area contributed by atoms with E-state index in [-0.39, 0.29) is 17.8 Å². The Kier molecular flexibility index (Phi) is 5.39. The first-order valence-corrected chi connectivity index (χ1v) is 7.18. The molecule has 0 saturated heterocycles. The number of halogens is 1. The van der Waals surface area contributed by atoms with Crippen molar-refractivity contribution in [1.82, 2.24) is 4.98 Å². The number of rotatable bonds is 4. The van der Waals surface area contributed by atoms with Gasteiger partial charge in [0.25, 0.3) is 0 Å². The number of benzene rings is 1. The van der Waals surface area contributed by atoms with Gasteiger partial charge in [0.2, 0.25) is 0 Å². The molecular formula is C15H21ClN2S. The summed E-state index contributed by atoms with van der Waals surface area (Å²) < 4.78 is 0. The van der Waals surface area contributed by atoms with E-state index in [1.54, 1.807) is 11.3 Å². The second kappa shape index (κ2) is 6.40. The highest BCUT2D eigenvalue weighted by Gasteiger charge is 2.21. The summed E-state index contributed by atoms with van der Waals surface area (Å²) in [6, 6.07) is 8.03. The third-order valence-corrected chi connectivity index (χ3v) is 4.31. The average molecular weight is 297 g/mol. The molecule has 2 rings (SSSR count). The van der Waals surface area contributed by atoms with E-state index in [0.29, 0.717) is 0 Å². The van der Waals surface area contributed by atoms with E-state index in [0.717, 1.165) is 18.5 Å². The van der Waals surface area contributed by atoms with E-state index in [2.05, 4.69) is 38.3 Å². The van der Waals surface area contributed by atoms with Crippen molar-refractivity contribution in [2.24, 2.45) is 0 Å². The van der Waals surface area contributed by atoms with Crippen molar-refractivity contribution in [2.75, 3.05) is 5.73 Å². The molecule has 0 radical (unpaired) electrons. The average Bonchev–Trinajstić information content (AvgIpc) is 2.81. The Bertz CT molecular complexity index is 517. The first kappa shape index (κ1) is 16.0. The summed E-state index contributed by atoms with van der Waals surface area (Å²) in [5.74, 6) is 0. The molecule has 0 amide bonds. The van der Waals surface area contributed by atoms with Gasteiger partial charge in [-0.1, -0.05) is 32.9 Å². The Morgan fingerprint density at radius 3 is 2.42 bits per heavy atom. The summed E-state index contributed by atoms with van der Waals surface area (Å²) in [5, 5.41) is 3.37. The molecule has 104 valence electrons. The molecule has 0 atom stereocenters. The largest absolute Gasteiger partial charge is 0.399 e. The van der Waals surface area contributed by atoms with E-state index in [1.165, 1.54) is 16.3 Å². The smallest absolute Gasteiger partial charge is 0.0972 e. The molecule has 0 aliphatic carbocycles. The number of hydrogen-bond donors (Lipinski definition) is 1. The van der Waals surface area contributed by atoms with Crippen LogP contribution in [0, 0.1) is 0 Å². The Morgan fingerprint density at radius 1 is 1.21 bits per heavy atom. The minimum absolute atomic E-state index is 0. The van der Waals surface area contributed by atoms with Crippen molar-refractivity contribution < 1.29 is 0 Å². The molecule has 1 aromatic carbocycles. The Morgan fingerprint density at radius 2 is 1.84 bits per heavy atom. The summed E-state index contributed by atoms with van der Waals surface area (Å²) in [6.45, 7) is 6.70. The number of anilines is 1. The van der Waals surface area contributed by atoms with Crippen molar-refractivity contribution in [3.8, 4) is 0 Å². The lowest BCUT2D eigenvalue weighted by molar-refractivity contribution is 0.492. The molecule has 2 aromatic rings. The predicted molar refractivity (Wildman–Crippen MR) is 86.3 cm³/mol. The summed E-state index contributed by atoms with van der Waals surface area (Å²) in [6.07, 6.45) is 2.00. The van der Waals surface area contributed by atoms with Crippen molar-refractivity contribution >= 4 is 29.4 Å². The zero-order valence-electron chi connectivity index (χ0n) is 11.6. The Hall–Kier alpha value is -1.06. The Balaban J connectivity index is 0.00000180. The topological polar surface area (TPSA) is 38.9 Å². The first-order valence-electron chi connectivity index (χ1n) is 6.30. The molecule has 0 aliphatic rings. The first-order chi connectivity index (χ1) is 8.51. The summed E-state index contributed by atoms with van der Waals surface area (Å²) in [5.41, 5.74) is 9.15. The van der Waals surface area contributed by atoms with Gasteiger partial charge in [0.05, 0.1) is 10.7 Å². The van der Waals surface area contributed by atoms with Crippen LogP contribution in [-0.2, 0) is 11.8 Å². The van der Waals surface area contributed by atoms with Crippen LogP contribution in [0.5, 0.6) is 0 Å². The molecule has 0 fully saturated rings. The quantitative estimate of drug-likeness (QED) is 0.848. The van der Waals surface area contributed by atoms with E-state index < -0.39 is 0 Å². The van der Waals surface area contributed by atoms with Gasteiger partial charge in [0.1, 0.15) is 0 Å². The van der Waals surface area contributed by atoms with Crippen LogP contribution in [0.4, 0.5) is 5.69 Å². The zero-order chi connectivity index (χ0) is 13.2. The van der Waals surface area contributed by atoms with Crippen LogP contribution in [0.1, 0.15) is 43.5 Å². The lowest BCUT2D eigenvalue weighted by atomic mass is 9.87. The maximum absolute atomic E-state index is 5.69. The molecule has 0 unspecified atom stereocenters. The van der Waals surface area contributed by atoms with E-state index in [1.807, 2.05) is 12.1 Å². The van der Waals surface area contributed by atoms with Crippen LogP contribution in [-0.4, -0.2) is 4.98 Å². The minimum atomic E-state index is 0. The second-order valence-corrected chi connectivity index (χ2v) is 6.22. The van der Waals surface area contributed by atoms with Gasteiger partial charge in [-0.25, -0.2) is 4.98 Å². The molecule has 1 aromatic heterocycles. The SMILES string of the molecule is CCC(C)(C)c1csc(Cc2ccc(N)cc2)n1.Cl. The molecule has 0 spiro atoms. The third kappa shape index (κ3) is 3.95. The number of nitrogens with zero attached hydrogens (tertiary/aromatic N) is 1. The molecule has 0 bridgehead atoms. The molecular weight excluding hydrogens is 276 g/mol. The van der Waals surface area contributed by atoms with Crippen LogP contribution in [0.15, 0.2) is 29.6 Å². The lowest BCUT2D eigenvalue weighted by Crippen LogP contribution is -2.15. The molecule has 2 N–H and O–H groups in total. The highest BCUT2D eigenvalue weighted by atomic mass is 35.5. The molecule has 0 aliphatic heterocycles. The van der Waals surface area contributed by atoms with Crippen molar-refractivity contribution in [3.63, 3.8) is 0 Å². The zero-order valence-corrected chi connectivity index (χ0v) is 13.3. The van der Waals surface area contributed by atoms with Gasteiger partial charge < -0.3 is 5.73 Å². The van der Waals surface area contributed by atoms with Gasteiger partial charge in [0, 0.05) is 22.9 Å². The van der Waals surface area contributed by atoms with E-state index in [9.17, 15) is 0 Å². The van der Waals surface area contributed by atoms with E-state index in [4.69, 9.17) is 10.7 Å². The molecule has 2 nitrogen and oxygen atoms in total. The molecule has 1 heterocycles. The lowest BCUT2D eigenvalue weighted by Gasteiger charge is -2.19. The summed E-state index contributed by atoms with van der Waals surface area (Å²) >= 11 is 1.75. The molecule has 0 saturated carbocycles. The third-order valence-electron chi connectivity index (χ3n) is 3.46. The molecule has 4 heteroatoms. The summed E-state index contributed by atoms with van der Waals surface area (Å²) in [7, 11) is 0. The maximum Gasteiger partial charge on any atom is 0.0972 e. The molecule has 19 heavy (non-hydrogen) atoms. The van der Waals surface area contributed by atoms with Gasteiger partial charge in [-0.2, -0.15) is 0 Å². The van der Waals surface area contributed by atoms with Gasteiger partial charge in [-0.05, 0) is 24.1 Å². The van der Waals surface area contributed by atoms with Crippen LogP contribution < -0.4 is 5.73 Å². The Labute approximate surface area is 125 Å². The van der Waals surface area contributed by atoms with Crippen molar-refractivity contribution in [3.05, 3.63) is 45.9 Å². The fraction of sp³-hybridized carbons (Fsp3) is 0.400. The van der Waals surface area contributed by atoms with Crippen molar-refractivity contribution in [2.45, 2.75) is 39.0 Å². The predicted octanol–water partition coefficient (Wildman–Crippen LogP) is 4.43. The van der Waals surface area contributed by atoms with Crippen LogP contribution in [0.25, 0.3) is 0 Å². The normalized spacial score (nSPS) is 11.1. The van der Waals surface area contributed by atoms with Crippen LogP contribution in [0.2, 0.25) is 0 Å². The number of nitrogen functional groups attached to an aromatic ring is 1. The monoisotopic (exact) mass is 296 g/mol. The van der Waals surface area contributed by atoms with Crippen LogP contribution in [0.3, 0.4) is 0 Å². The minimum Gasteiger partial charge on any atom is -0.399 e. The fourth-order valence-electron chi connectivity index (χ4n) is 1.69. The van der Waals surface area contributed by atoms with E-state index >= 15 is 0 Å². The van der Waals surface area contributed by atoms with Gasteiger partial charge in [-0.3, -0.25) is 0 Å². The standard InChI is InChI=1S/C15H20N2S.ClH/c1-4-15(2,3)13-10-18-14(17-13)9-11-5-7-12(16)8-6-11;/h5-8,10H,4,9,16H2,1-3H3;1H. The van der Waals surface area contributed by atoms with Crippen LogP contribution >= 0.6 is 23.7 Å². The fourth-order valence-corrected chi connectivity index (χ4v) is 2.71. The van der Waals surface area contributed by atoms with Crippen molar-refractivity contribution in [1.29, 1.82) is 0 Å². The van der Waals surface area contributed by atoms with Gasteiger partial charge >= 0.3 is 0 Å². The van der Waals surface area contributed by atoms with Gasteiger partial charge in [-0.15, -0.1) is 23.7 Å².